The van der Waals surface area contributed by atoms with E-state index in [0.29, 0.717) is 11.5 Å². The SMILES string of the molecule is Cc1ccsc1CCC1(CCNC(C)C)CCCCC1. The molecule has 1 heterocycles. The van der Waals surface area contributed by atoms with Crippen molar-refractivity contribution in [2.75, 3.05) is 6.54 Å². The minimum atomic E-state index is 0.621. The van der Waals surface area contributed by atoms with Crippen molar-refractivity contribution in [2.24, 2.45) is 5.41 Å². The lowest BCUT2D eigenvalue weighted by atomic mass is 9.69. The van der Waals surface area contributed by atoms with Gasteiger partial charge in [0.1, 0.15) is 0 Å². The molecule has 20 heavy (non-hydrogen) atoms. The van der Waals surface area contributed by atoms with Gasteiger partial charge >= 0.3 is 0 Å². The van der Waals surface area contributed by atoms with Gasteiger partial charge in [-0.1, -0.05) is 33.1 Å². The average molecular weight is 294 g/mol. The second kappa shape index (κ2) is 7.61. The van der Waals surface area contributed by atoms with Crippen molar-refractivity contribution in [3.8, 4) is 0 Å². The molecule has 0 unspecified atom stereocenters. The Labute approximate surface area is 129 Å². The maximum Gasteiger partial charge on any atom is 0.00746 e. The van der Waals surface area contributed by atoms with Crippen molar-refractivity contribution in [1.82, 2.24) is 5.32 Å². The van der Waals surface area contributed by atoms with E-state index in [1.54, 1.807) is 4.88 Å². The van der Waals surface area contributed by atoms with Crippen LogP contribution >= 0.6 is 11.3 Å². The summed E-state index contributed by atoms with van der Waals surface area (Å²) in [6, 6.07) is 2.89. The molecule has 0 aromatic carbocycles. The Morgan fingerprint density at radius 3 is 2.55 bits per heavy atom. The van der Waals surface area contributed by atoms with Crippen LogP contribution in [-0.4, -0.2) is 12.6 Å². The molecule has 114 valence electrons. The van der Waals surface area contributed by atoms with E-state index in [0.717, 1.165) is 0 Å². The van der Waals surface area contributed by atoms with Crippen LogP contribution in [0.1, 0.15) is 69.2 Å². The molecule has 2 heteroatoms. The Bertz CT molecular complexity index is 388. The first-order valence-electron chi connectivity index (χ1n) is 8.38. The van der Waals surface area contributed by atoms with Crippen molar-refractivity contribution in [3.63, 3.8) is 0 Å². The van der Waals surface area contributed by atoms with Crippen LogP contribution in [0.4, 0.5) is 0 Å². The predicted octanol–water partition coefficient (Wildman–Crippen LogP) is 5.33. The highest BCUT2D eigenvalue weighted by Gasteiger charge is 2.31. The van der Waals surface area contributed by atoms with E-state index in [1.165, 1.54) is 63.5 Å². The number of thiophene rings is 1. The number of aryl methyl sites for hydroxylation is 2. The van der Waals surface area contributed by atoms with Gasteiger partial charge in [0.2, 0.25) is 0 Å². The fraction of sp³-hybridized carbons (Fsp3) is 0.778. The molecular formula is C18H31NS. The van der Waals surface area contributed by atoms with E-state index in [1.807, 2.05) is 11.3 Å². The molecule has 0 aliphatic heterocycles. The minimum Gasteiger partial charge on any atom is -0.315 e. The fourth-order valence-corrected chi connectivity index (χ4v) is 4.50. The average Bonchev–Trinajstić information content (AvgIpc) is 2.83. The van der Waals surface area contributed by atoms with Crippen molar-refractivity contribution in [1.29, 1.82) is 0 Å². The molecule has 1 fully saturated rings. The molecule has 1 aliphatic carbocycles. The van der Waals surface area contributed by atoms with Crippen LogP contribution in [0, 0.1) is 12.3 Å². The van der Waals surface area contributed by atoms with Crippen LogP contribution in [0.25, 0.3) is 0 Å². The Hall–Kier alpha value is -0.340. The zero-order chi connectivity index (χ0) is 14.4. The van der Waals surface area contributed by atoms with Crippen LogP contribution in [0.15, 0.2) is 11.4 Å². The predicted molar refractivity (Wildman–Crippen MR) is 90.7 cm³/mol. The Morgan fingerprint density at radius 1 is 1.20 bits per heavy atom. The van der Waals surface area contributed by atoms with E-state index in [2.05, 4.69) is 37.5 Å². The van der Waals surface area contributed by atoms with Gasteiger partial charge in [-0.3, -0.25) is 0 Å². The van der Waals surface area contributed by atoms with E-state index < -0.39 is 0 Å². The third kappa shape index (κ3) is 4.60. The molecule has 1 aromatic heterocycles. The third-order valence-corrected chi connectivity index (χ3v) is 6.06. The van der Waals surface area contributed by atoms with Crippen molar-refractivity contribution >= 4 is 11.3 Å². The molecule has 1 nitrogen and oxygen atoms in total. The summed E-state index contributed by atoms with van der Waals surface area (Å²) in [4.78, 5) is 1.62. The molecule has 2 rings (SSSR count). The standard InChI is InChI=1S/C18H31NS/c1-15(2)19-13-12-18(9-5-4-6-10-18)11-7-17-16(3)8-14-20-17/h8,14-15,19H,4-7,9-13H2,1-3H3. The van der Waals surface area contributed by atoms with Gasteiger partial charge in [0, 0.05) is 10.9 Å². The lowest BCUT2D eigenvalue weighted by Gasteiger charge is -2.38. The van der Waals surface area contributed by atoms with Crippen molar-refractivity contribution in [3.05, 3.63) is 21.9 Å². The molecule has 1 N–H and O–H groups in total. The first-order valence-corrected chi connectivity index (χ1v) is 9.26. The summed E-state index contributed by atoms with van der Waals surface area (Å²) in [5.41, 5.74) is 2.12. The largest absolute Gasteiger partial charge is 0.315 e. The monoisotopic (exact) mass is 293 g/mol. The summed E-state index contributed by atoms with van der Waals surface area (Å²) in [5, 5.41) is 5.87. The lowest BCUT2D eigenvalue weighted by Crippen LogP contribution is -2.32. The van der Waals surface area contributed by atoms with E-state index >= 15 is 0 Å². The molecular weight excluding hydrogens is 262 g/mol. The molecule has 1 aliphatic rings. The number of rotatable bonds is 7. The maximum absolute atomic E-state index is 3.62. The van der Waals surface area contributed by atoms with E-state index in [9.17, 15) is 0 Å². The summed E-state index contributed by atoms with van der Waals surface area (Å²) in [6.07, 6.45) is 11.3. The summed E-state index contributed by atoms with van der Waals surface area (Å²) >= 11 is 1.95. The summed E-state index contributed by atoms with van der Waals surface area (Å²) in [5.74, 6) is 0. The first-order chi connectivity index (χ1) is 9.61. The van der Waals surface area contributed by atoms with Gasteiger partial charge in [0.15, 0.2) is 0 Å². The Morgan fingerprint density at radius 2 is 1.95 bits per heavy atom. The molecule has 0 spiro atoms. The van der Waals surface area contributed by atoms with Gasteiger partial charge < -0.3 is 5.32 Å². The zero-order valence-corrected chi connectivity index (χ0v) is 14.3. The lowest BCUT2D eigenvalue weighted by molar-refractivity contribution is 0.156. The Kier molecular flexibility index (Phi) is 6.10. The van der Waals surface area contributed by atoms with Gasteiger partial charge in [0.05, 0.1) is 0 Å². The van der Waals surface area contributed by atoms with Gasteiger partial charge in [-0.25, -0.2) is 0 Å². The number of hydrogen-bond acceptors (Lipinski definition) is 2. The van der Waals surface area contributed by atoms with Crippen molar-refractivity contribution in [2.45, 2.75) is 78.2 Å². The van der Waals surface area contributed by atoms with Gasteiger partial charge in [-0.05, 0) is 68.0 Å². The molecule has 1 saturated carbocycles. The molecule has 0 atom stereocenters. The highest BCUT2D eigenvalue weighted by Crippen LogP contribution is 2.43. The highest BCUT2D eigenvalue weighted by molar-refractivity contribution is 7.10. The van der Waals surface area contributed by atoms with Gasteiger partial charge in [-0.2, -0.15) is 0 Å². The molecule has 0 radical (unpaired) electrons. The second-order valence-corrected chi connectivity index (χ2v) is 7.95. The van der Waals surface area contributed by atoms with Crippen LogP contribution in [0.5, 0.6) is 0 Å². The van der Waals surface area contributed by atoms with Crippen molar-refractivity contribution < 1.29 is 0 Å². The Balaban J connectivity index is 1.90. The topological polar surface area (TPSA) is 12.0 Å². The van der Waals surface area contributed by atoms with Crippen LogP contribution < -0.4 is 5.32 Å². The number of hydrogen-bond donors (Lipinski definition) is 1. The van der Waals surface area contributed by atoms with Gasteiger partial charge in [0.25, 0.3) is 0 Å². The van der Waals surface area contributed by atoms with E-state index in [4.69, 9.17) is 0 Å². The summed E-state index contributed by atoms with van der Waals surface area (Å²) in [7, 11) is 0. The summed E-state index contributed by atoms with van der Waals surface area (Å²) in [6.45, 7) is 7.96. The van der Waals surface area contributed by atoms with Crippen LogP contribution in [0.2, 0.25) is 0 Å². The molecule has 0 amide bonds. The first kappa shape index (κ1) is 16.0. The highest BCUT2D eigenvalue weighted by atomic mass is 32.1. The number of nitrogens with one attached hydrogen (secondary N) is 1. The zero-order valence-electron chi connectivity index (χ0n) is 13.5. The fourth-order valence-electron chi connectivity index (χ4n) is 3.59. The quantitative estimate of drug-likeness (QED) is 0.716. The van der Waals surface area contributed by atoms with Crippen LogP contribution in [-0.2, 0) is 6.42 Å². The molecule has 0 bridgehead atoms. The smallest absolute Gasteiger partial charge is 0.00746 e. The second-order valence-electron chi connectivity index (χ2n) is 6.95. The summed E-state index contributed by atoms with van der Waals surface area (Å²) < 4.78 is 0. The molecule has 0 saturated heterocycles. The molecule has 1 aromatic rings. The normalized spacial score (nSPS) is 18.6. The van der Waals surface area contributed by atoms with Gasteiger partial charge in [-0.15, -0.1) is 11.3 Å². The van der Waals surface area contributed by atoms with Crippen LogP contribution in [0.3, 0.4) is 0 Å². The minimum absolute atomic E-state index is 0.621. The third-order valence-electron chi connectivity index (χ3n) is 4.97. The van der Waals surface area contributed by atoms with E-state index in [-0.39, 0.29) is 0 Å². The maximum atomic E-state index is 3.62.